The summed E-state index contributed by atoms with van der Waals surface area (Å²) in [7, 11) is 0. The van der Waals surface area contributed by atoms with Gasteiger partial charge in [-0.1, -0.05) is 30.5 Å². The average Bonchev–Trinajstić information content (AvgIpc) is 2.55. The number of pyridine rings is 2. The molecule has 0 atom stereocenters. The fourth-order valence-corrected chi connectivity index (χ4v) is 3.82. The Hall–Kier alpha value is -1.57. The fraction of sp³-hybridized carbons (Fsp3) is 0.389. The van der Waals surface area contributed by atoms with E-state index in [9.17, 15) is 5.26 Å². The van der Waals surface area contributed by atoms with Gasteiger partial charge in [0.25, 0.3) is 0 Å². The molecule has 2 aromatic heterocycles. The lowest BCUT2D eigenvalue weighted by Gasteiger charge is -2.15. The number of nitriles is 1. The molecule has 2 heterocycles. The minimum absolute atomic E-state index is 0.496. The molecule has 0 N–H and O–H groups in total. The Morgan fingerprint density at radius 3 is 2.74 bits per heavy atom. The van der Waals surface area contributed by atoms with Crippen LogP contribution < -0.4 is 0 Å². The summed E-state index contributed by atoms with van der Waals surface area (Å²) in [6, 6.07) is 8.11. The second-order valence-electron chi connectivity index (χ2n) is 5.75. The first kappa shape index (κ1) is 16.3. The van der Waals surface area contributed by atoms with Crippen LogP contribution in [0.4, 0.5) is 0 Å². The number of hydrogen-bond donors (Lipinski definition) is 0. The summed E-state index contributed by atoms with van der Waals surface area (Å²) in [5.74, 6) is 0.741. The summed E-state index contributed by atoms with van der Waals surface area (Å²) < 4.78 is 0. The number of fused-ring (bicyclic) bond motifs is 1. The summed E-state index contributed by atoms with van der Waals surface area (Å²) in [5.41, 5.74) is 4.22. The van der Waals surface area contributed by atoms with Gasteiger partial charge in [-0.25, -0.2) is 9.97 Å². The summed E-state index contributed by atoms with van der Waals surface area (Å²) in [6.45, 7) is 0. The molecule has 0 unspecified atom stereocenters. The Kier molecular flexibility index (Phi) is 5.53. The van der Waals surface area contributed by atoms with Crippen LogP contribution in [0.3, 0.4) is 0 Å². The highest BCUT2D eigenvalue weighted by Gasteiger charge is 2.14. The maximum absolute atomic E-state index is 9.45. The van der Waals surface area contributed by atoms with Crippen molar-refractivity contribution < 1.29 is 0 Å². The molecule has 0 aromatic carbocycles. The lowest BCUT2D eigenvalue weighted by Crippen LogP contribution is -2.05. The van der Waals surface area contributed by atoms with Gasteiger partial charge >= 0.3 is 0 Å². The monoisotopic (exact) mass is 343 g/mol. The molecule has 0 aliphatic heterocycles. The molecule has 5 heteroatoms. The van der Waals surface area contributed by atoms with Gasteiger partial charge in [0.15, 0.2) is 0 Å². The van der Waals surface area contributed by atoms with E-state index in [2.05, 4.69) is 17.1 Å². The van der Waals surface area contributed by atoms with Gasteiger partial charge in [-0.15, -0.1) is 11.8 Å². The third-order valence-electron chi connectivity index (χ3n) is 4.05. The van der Waals surface area contributed by atoms with Crippen LogP contribution in [0.1, 0.15) is 48.1 Å². The van der Waals surface area contributed by atoms with Gasteiger partial charge in [0, 0.05) is 17.6 Å². The highest BCUT2D eigenvalue weighted by Crippen LogP contribution is 2.28. The predicted octanol–water partition coefficient (Wildman–Crippen LogP) is 4.95. The Morgan fingerprint density at radius 1 is 1.17 bits per heavy atom. The maximum atomic E-state index is 9.45. The van der Waals surface area contributed by atoms with Crippen molar-refractivity contribution in [3.05, 3.63) is 51.9 Å². The molecular formula is C18H18ClN3S. The Balaban J connectivity index is 1.81. The van der Waals surface area contributed by atoms with Crippen molar-refractivity contribution in [2.24, 2.45) is 0 Å². The van der Waals surface area contributed by atoms with Gasteiger partial charge in [0.2, 0.25) is 0 Å². The number of halogens is 1. The van der Waals surface area contributed by atoms with Gasteiger partial charge in [0.05, 0.1) is 5.56 Å². The third kappa shape index (κ3) is 4.25. The number of rotatable bonds is 3. The highest BCUT2D eigenvalue weighted by molar-refractivity contribution is 7.98. The Bertz CT molecular complexity index is 722. The number of aryl methyl sites for hydroxylation is 2. The third-order valence-corrected chi connectivity index (χ3v) is 5.34. The average molecular weight is 344 g/mol. The minimum Gasteiger partial charge on any atom is -0.245 e. The van der Waals surface area contributed by atoms with E-state index in [1.165, 1.54) is 36.9 Å². The summed E-state index contributed by atoms with van der Waals surface area (Å²) in [4.78, 5) is 8.91. The molecule has 23 heavy (non-hydrogen) atoms. The zero-order valence-electron chi connectivity index (χ0n) is 12.9. The lowest BCUT2D eigenvalue weighted by atomic mass is 9.96. The molecule has 2 aromatic rings. The van der Waals surface area contributed by atoms with Crippen LogP contribution in [0.25, 0.3) is 0 Å². The largest absolute Gasteiger partial charge is 0.245 e. The first-order chi connectivity index (χ1) is 11.3. The van der Waals surface area contributed by atoms with Crippen molar-refractivity contribution >= 4 is 23.4 Å². The van der Waals surface area contributed by atoms with Gasteiger partial charge < -0.3 is 0 Å². The zero-order valence-corrected chi connectivity index (χ0v) is 14.5. The quantitative estimate of drug-likeness (QED) is 0.584. The number of thioether (sulfide) groups is 1. The number of hydrogen-bond acceptors (Lipinski definition) is 4. The van der Waals surface area contributed by atoms with Crippen LogP contribution in [-0.4, -0.2) is 9.97 Å². The van der Waals surface area contributed by atoms with Crippen molar-refractivity contribution in [2.75, 3.05) is 0 Å². The molecule has 1 aliphatic carbocycles. The van der Waals surface area contributed by atoms with Gasteiger partial charge in [0.1, 0.15) is 16.2 Å². The summed E-state index contributed by atoms with van der Waals surface area (Å²) in [5, 5.41) is 10.8. The standard InChI is InChI=1S/C18H18ClN3S/c19-17-8-7-13(11-21-17)12-23-18-15(10-20)9-14-5-3-1-2-4-6-16(14)22-18/h7-9,11H,1-6,12H2. The molecule has 0 saturated carbocycles. The zero-order chi connectivity index (χ0) is 16.1. The molecular weight excluding hydrogens is 326 g/mol. The molecule has 0 amide bonds. The minimum atomic E-state index is 0.496. The van der Waals surface area contributed by atoms with Crippen LogP contribution in [0.15, 0.2) is 29.4 Å². The molecule has 0 spiro atoms. The first-order valence-corrected chi connectivity index (χ1v) is 9.29. The topological polar surface area (TPSA) is 49.6 Å². The van der Waals surface area contributed by atoms with Crippen molar-refractivity contribution in [1.29, 1.82) is 5.26 Å². The lowest BCUT2D eigenvalue weighted by molar-refractivity contribution is 0.605. The van der Waals surface area contributed by atoms with E-state index in [1.807, 2.05) is 6.07 Å². The van der Waals surface area contributed by atoms with E-state index in [0.717, 1.165) is 29.2 Å². The molecule has 0 bridgehead atoms. The Morgan fingerprint density at radius 2 is 2.00 bits per heavy atom. The molecule has 3 nitrogen and oxygen atoms in total. The maximum Gasteiger partial charge on any atom is 0.129 e. The van der Waals surface area contributed by atoms with Crippen LogP contribution in [0.5, 0.6) is 0 Å². The number of nitrogens with zero attached hydrogens (tertiary/aromatic N) is 3. The summed E-state index contributed by atoms with van der Waals surface area (Å²) >= 11 is 7.41. The molecule has 118 valence electrons. The SMILES string of the molecule is N#Cc1cc2c(nc1SCc1ccc(Cl)nc1)CCCCCC2. The molecule has 0 radical (unpaired) electrons. The van der Waals surface area contributed by atoms with E-state index in [4.69, 9.17) is 16.6 Å². The first-order valence-electron chi connectivity index (χ1n) is 7.92. The highest BCUT2D eigenvalue weighted by atomic mass is 35.5. The second kappa shape index (κ2) is 7.81. The van der Waals surface area contributed by atoms with Crippen LogP contribution in [0, 0.1) is 11.3 Å². The molecule has 0 saturated heterocycles. The van der Waals surface area contributed by atoms with Crippen LogP contribution in [-0.2, 0) is 18.6 Å². The Labute approximate surface area is 146 Å². The van der Waals surface area contributed by atoms with E-state index in [-0.39, 0.29) is 0 Å². The van der Waals surface area contributed by atoms with Gasteiger partial charge in [-0.3, -0.25) is 0 Å². The van der Waals surface area contributed by atoms with E-state index in [1.54, 1.807) is 24.0 Å². The second-order valence-corrected chi connectivity index (χ2v) is 7.10. The van der Waals surface area contributed by atoms with E-state index in [0.29, 0.717) is 10.7 Å². The molecule has 0 fully saturated rings. The van der Waals surface area contributed by atoms with Gasteiger partial charge in [-0.05, 0) is 48.9 Å². The smallest absolute Gasteiger partial charge is 0.129 e. The summed E-state index contributed by atoms with van der Waals surface area (Å²) in [6.07, 6.45) is 8.79. The number of aromatic nitrogens is 2. The molecule has 1 aliphatic rings. The normalized spacial score (nSPS) is 14.4. The van der Waals surface area contributed by atoms with Crippen LogP contribution >= 0.6 is 23.4 Å². The van der Waals surface area contributed by atoms with Crippen molar-refractivity contribution in [3.8, 4) is 6.07 Å². The van der Waals surface area contributed by atoms with E-state index >= 15 is 0 Å². The van der Waals surface area contributed by atoms with Crippen molar-refractivity contribution in [1.82, 2.24) is 9.97 Å². The van der Waals surface area contributed by atoms with E-state index < -0.39 is 0 Å². The molecule has 3 rings (SSSR count). The van der Waals surface area contributed by atoms with Crippen molar-refractivity contribution in [3.63, 3.8) is 0 Å². The fourth-order valence-electron chi connectivity index (χ4n) is 2.80. The predicted molar refractivity (Wildman–Crippen MR) is 93.6 cm³/mol. The van der Waals surface area contributed by atoms with Crippen molar-refractivity contribution in [2.45, 2.75) is 49.3 Å². The van der Waals surface area contributed by atoms with Crippen LogP contribution in [0.2, 0.25) is 5.15 Å². The van der Waals surface area contributed by atoms with Gasteiger partial charge in [-0.2, -0.15) is 5.26 Å².